The van der Waals surface area contributed by atoms with Crippen molar-refractivity contribution in [2.24, 2.45) is 5.92 Å². The highest BCUT2D eigenvalue weighted by Crippen LogP contribution is 2.34. The summed E-state index contributed by atoms with van der Waals surface area (Å²) in [5, 5.41) is 7.28. The monoisotopic (exact) mass is 190 g/mol. The standard InChI is InChI=1S/C11H14N2O/c1(3-10-5-6-12-14-10)8-7-9-2-4-11(8)13-9/h1,3,5-6,8-9,11,13H,2,4,7H2. The summed E-state index contributed by atoms with van der Waals surface area (Å²) in [7, 11) is 0. The molecule has 2 fully saturated rings. The second-order valence-electron chi connectivity index (χ2n) is 4.22. The van der Waals surface area contributed by atoms with Gasteiger partial charge in [-0.2, -0.15) is 0 Å². The fraction of sp³-hybridized carbons (Fsp3) is 0.545. The van der Waals surface area contributed by atoms with Crippen LogP contribution in [0.1, 0.15) is 25.0 Å². The van der Waals surface area contributed by atoms with E-state index >= 15 is 0 Å². The summed E-state index contributed by atoms with van der Waals surface area (Å²) in [6.07, 6.45) is 9.96. The molecule has 0 radical (unpaired) electrons. The molecular formula is C11H14N2O. The third kappa shape index (κ3) is 1.38. The van der Waals surface area contributed by atoms with Gasteiger partial charge in [0, 0.05) is 18.2 Å². The third-order valence-corrected chi connectivity index (χ3v) is 3.31. The van der Waals surface area contributed by atoms with Crippen LogP contribution >= 0.6 is 0 Å². The molecule has 2 bridgehead atoms. The van der Waals surface area contributed by atoms with Gasteiger partial charge >= 0.3 is 0 Å². The van der Waals surface area contributed by atoms with Gasteiger partial charge < -0.3 is 9.84 Å². The maximum Gasteiger partial charge on any atom is 0.159 e. The van der Waals surface area contributed by atoms with Gasteiger partial charge in [0.2, 0.25) is 0 Å². The second-order valence-corrected chi connectivity index (χ2v) is 4.22. The highest BCUT2D eigenvalue weighted by Gasteiger charge is 2.37. The van der Waals surface area contributed by atoms with E-state index in [1.54, 1.807) is 6.20 Å². The predicted octanol–water partition coefficient (Wildman–Crippen LogP) is 1.83. The maximum atomic E-state index is 5.02. The van der Waals surface area contributed by atoms with Crippen molar-refractivity contribution >= 4 is 6.08 Å². The fourth-order valence-corrected chi connectivity index (χ4v) is 2.61. The van der Waals surface area contributed by atoms with Gasteiger partial charge in [-0.3, -0.25) is 0 Å². The molecule has 3 rings (SSSR count). The largest absolute Gasteiger partial charge is 0.357 e. The predicted molar refractivity (Wildman–Crippen MR) is 53.6 cm³/mol. The summed E-state index contributed by atoms with van der Waals surface area (Å²) < 4.78 is 5.02. The van der Waals surface area contributed by atoms with Crippen molar-refractivity contribution in [1.29, 1.82) is 0 Å². The molecule has 3 atom stereocenters. The van der Waals surface area contributed by atoms with Gasteiger partial charge in [-0.25, -0.2) is 0 Å². The Kier molecular flexibility index (Phi) is 1.91. The molecule has 0 saturated carbocycles. The molecule has 0 aliphatic carbocycles. The van der Waals surface area contributed by atoms with E-state index < -0.39 is 0 Å². The third-order valence-electron chi connectivity index (χ3n) is 3.31. The van der Waals surface area contributed by atoms with E-state index in [0.29, 0.717) is 12.0 Å². The number of fused-ring (bicyclic) bond motifs is 2. The highest BCUT2D eigenvalue weighted by atomic mass is 16.5. The maximum absolute atomic E-state index is 5.02. The molecule has 1 aromatic rings. The molecule has 0 aromatic carbocycles. The lowest BCUT2D eigenvalue weighted by Crippen LogP contribution is -2.21. The van der Waals surface area contributed by atoms with Crippen LogP contribution in [0.2, 0.25) is 0 Å². The zero-order chi connectivity index (χ0) is 9.38. The lowest BCUT2D eigenvalue weighted by molar-refractivity contribution is 0.412. The van der Waals surface area contributed by atoms with Gasteiger partial charge in [0.15, 0.2) is 5.76 Å². The van der Waals surface area contributed by atoms with E-state index in [0.717, 1.165) is 11.8 Å². The molecule has 74 valence electrons. The Bertz CT molecular complexity index is 331. The molecule has 3 heteroatoms. The van der Waals surface area contributed by atoms with Crippen molar-refractivity contribution in [1.82, 2.24) is 10.5 Å². The summed E-state index contributed by atoms with van der Waals surface area (Å²) >= 11 is 0. The minimum Gasteiger partial charge on any atom is -0.357 e. The summed E-state index contributed by atoms with van der Waals surface area (Å²) in [5.74, 6) is 1.55. The van der Waals surface area contributed by atoms with E-state index in [4.69, 9.17) is 4.52 Å². The first kappa shape index (κ1) is 8.24. The Hall–Kier alpha value is -1.09. The highest BCUT2D eigenvalue weighted by molar-refractivity contribution is 5.42. The summed E-state index contributed by atoms with van der Waals surface area (Å²) in [6.45, 7) is 0. The molecule has 14 heavy (non-hydrogen) atoms. The first-order valence-electron chi connectivity index (χ1n) is 5.27. The number of rotatable bonds is 2. The lowest BCUT2D eigenvalue weighted by atomic mass is 9.89. The topological polar surface area (TPSA) is 38.1 Å². The second kappa shape index (κ2) is 3.24. The van der Waals surface area contributed by atoms with Crippen molar-refractivity contribution in [3.05, 3.63) is 24.1 Å². The molecule has 1 aromatic heterocycles. The average molecular weight is 190 g/mol. The molecule has 3 heterocycles. The van der Waals surface area contributed by atoms with Crippen LogP contribution in [-0.4, -0.2) is 17.2 Å². The van der Waals surface area contributed by atoms with Crippen LogP contribution in [0.15, 0.2) is 22.9 Å². The molecular weight excluding hydrogens is 176 g/mol. The van der Waals surface area contributed by atoms with Gasteiger partial charge in [-0.15, -0.1) is 0 Å². The van der Waals surface area contributed by atoms with E-state index in [2.05, 4.69) is 16.5 Å². The molecule has 2 aliphatic heterocycles. The molecule has 0 spiro atoms. The van der Waals surface area contributed by atoms with Crippen LogP contribution in [0.25, 0.3) is 6.08 Å². The van der Waals surface area contributed by atoms with Gasteiger partial charge in [-0.1, -0.05) is 11.2 Å². The van der Waals surface area contributed by atoms with Crippen LogP contribution in [0, 0.1) is 5.92 Å². The van der Waals surface area contributed by atoms with E-state index in [9.17, 15) is 0 Å². The van der Waals surface area contributed by atoms with Crippen LogP contribution in [0.5, 0.6) is 0 Å². The smallest absolute Gasteiger partial charge is 0.159 e. The molecule has 2 saturated heterocycles. The molecule has 1 N–H and O–H groups in total. The van der Waals surface area contributed by atoms with Crippen molar-refractivity contribution in [3.63, 3.8) is 0 Å². The lowest BCUT2D eigenvalue weighted by Gasteiger charge is -2.15. The SMILES string of the molecule is C(=CC1CC2CCC1N2)c1ccno1. The van der Waals surface area contributed by atoms with Crippen LogP contribution in [0.4, 0.5) is 0 Å². The Labute approximate surface area is 83.2 Å². The minimum absolute atomic E-state index is 0.693. The van der Waals surface area contributed by atoms with Crippen molar-refractivity contribution < 1.29 is 4.52 Å². The van der Waals surface area contributed by atoms with Gasteiger partial charge in [0.25, 0.3) is 0 Å². The summed E-state index contributed by atoms with van der Waals surface area (Å²) in [5.41, 5.74) is 0. The molecule has 0 amide bonds. The van der Waals surface area contributed by atoms with Crippen molar-refractivity contribution in [2.75, 3.05) is 0 Å². The van der Waals surface area contributed by atoms with E-state index in [1.165, 1.54) is 19.3 Å². The van der Waals surface area contributed by atoms with Crippen LogP contribution in [0.3, 0.4) is 0 Å². The quantitative estimate of drug-likeness (QED) is 0.773. The van der Waals surface area contributed by atoms with E-state index in [-0.39, 0.29) is 0 Å². The first-order valence-corrected chi connectivity index (χ1v) is 5.27. The van der Waals surface area contributed by atoms with Gasteiger partial charge in [0.1, 0.15) is 0 Å². The zero-order valence-corrected chi connectivity index (χ0v) is 8.02. The van der Waals surface area contributed by atoms with Gasteiger partial charge in [-0.05, 0) is 31.3 Å². The first-order chi connectivity index (χ1) is 6.92. The number of nitrogens with zero attached hydrogens (tertiary/aromatic N) is 1. The number of nitrogens with one attached hydrogen (secondary N) is 1. The number of hydrogen-bond donors (Lipinski definition) is 1. The molecule has 3 nitrogen and oxygen atoms in total. The molecule has 3 unspecified atom stereocenters. The Morgan fingerprint density at radius 2 is 2.50 bits per heavy atom. The van der Waals surface area contributed by atoms with Crippen molar-refractivity contribution in [3.8, 4) is 0 Å². The van der Waals surface area contributed by atoms with Crippen molar-refractivity contribution in [2.45, 2.75) is 31.3 Å². The molecule has 2 aliphatic rings. The van der Waals surface area contributed by atoms with E-state index in [1.807, 2.05) is 12.1 Å². The number of aromatic nitrogens is 1. The Morgan fingerprint density at radius 1 is 1.50 bits per heavy atom. The minimum atomic E-state index is 0.693. The Morgan fingerprint density at radius 3 is 3.14 bits per heavy atom. The van der Waals surface area contributed by atoms with Crippen LogP contribution < -0.4 is 5.32 Å². The summed E-state index contributed by atoms with van der Waals surface area (Å²) in [4.78, 5) is 0. The summed E-state index contributed by atoms with van der Waals surface area (Å²) in [6, 6.07) is 3.36. The van der Waals surface area contributed by atoms with Gasteiger partial charge in [0.05, 0.1) is 6.20 Å². The zero-order valence-electron chi connectivity index (χ0n) is 8.02. The fourth-order valence-electron chi connectivity index (χ4n) is 2.61. The Balaban J connectivity index is 1.68. The normalized spacial score (nSPS) is 35.9. The number of hydrogen-bond acceptors (Lipinski definition) is 3. The average Bonchev–Trinajstić information content (AvgIpc) is 2.91. The van der Waals surface area contributed by atoms with Crippen LogP contribution in [-0.2, 0) is 0 Å².